The van der Waals surface area contributed by atoms with E-state index in [9.17, 15) is 4.79 Å². The summed E-state index contributed by atoms with van der Waals surface area (Å²) in [6.07, 6.45) is 0. The van der Waals surface area contributed by atoms with Crippen LogP contribution in [-0.2, 0) is 0 Å². The van der Waals surface area contributed by atoms with E-state index in [-0.39, 0.29) is 5.69 Å². The van der Waals surface area contributed by atoms with Crippen molar-refractivity contribution in [1.29, 1.82) is 0 Å². The van der Waals surface area contributed by atoms with Gasteiger partial charge >= 0.3 is 5.97 Å². The minimum absolute atomic E-state index is 0.0294. The molecule has 0 aliphatic carbocycles. The molecule has 1 heterocycles. The molecule has 0 fully saturated rings. The number of carbonyl (C=O) groups is 1. The number of carboxylic acids is 1. The summed E-state index contributed by atoms with van der Waals surface area (Å²) >= 11 is 0. The molecule has 0 unspecified atom stereocenters. The summed E-state index contributed by atoms with van der Waals surface area (Å²) in [6, 6.07) is 7.55. The molecule has 1 N–H and O–H groups in total. The summed E-state index contributed by atoms with van der Waals surface area (Å²) in [6.45, 7) is 3.52. The molecule has 0 amide bonds. The Labute approximate surface area is 92.6 Å². The Hall–Kier alpha value is -2.10. The quantitative estimate of drug-likeness (QED) is 0.839. The van der Waals surface area contributed by atoms with E-state index in [4.69, 9.17) is 9.52 Å². The van der Waals surface area contributed by atoms with Gasteiger partial charge in [0.25, 0.3) is 0 Å². The maximum atomic E-state index is 10.8. The number of hydrogen-bond acceptors (Lipinski definition) is 3. The van der Waals surface area contributed by atoms with E-state index in [0.717, 1.165) is 11.1 Å². The molecule has 0 bridgehead atoms. The maximum absolute atomic E-state index is 10.8. The van der Waals surface area contributed by atoms with Gasteiger partial charge in [0.2, 0.25) is 5.89 Å². The molecular weight excluding hydrogens is 206 g/mol. The lowest BCUT2D eigenvalue weighted by Gasteiger charge is -1.98. The zero-order valence-electron chi connectivity index (χ0n) is 9.02. The van der Waals surface area contributed by atoms with Crippen LogP contribution in [0, 0.1) is 13.8 Å². The molecule has 1 aromatic heterocycles. The van der Waals surface area contributed by atoms with Crippen LogP contribution < -0.4 is 0 Å². The third-order valence-electron chi connectivity index (χ3n) is 2.37. The minimum atomic E-state index is -1.07. The number of aromatic nitrogens is 1. The second-order valence-corrected chi connectivity index (χ2v) is 3.54. The maximum Gasteiger partial charge on any atom is 0.358 e. The second kappa shape index (κ2) is 3.81. The molecule has 1 aromatic carbocycles. The lowest BCUT2D eigenvalue weighted by molar-refractivity contribution is 0.0689. The number of aromatic carboxylic acids is 1. The fourth-order valence-corrected chi connectivity index (χ4v) is 1.52. The standard InChI is InChI=1S/C12H11NO3/c1-7-5-3-4-6-9(7)11-13-10(12(14)15)8(2)16-11/h3-6H,1-2H3,(H,14,15). The molecule has 0 radical (unpaired) electrons. The van der Waals surface area contributed by atoms with Crippen LogP contribution >= 0.6 is 0 Å². The number of hydrogen-bond donors (Lipinski definition) is 1. The van der Waals surface area contributed by atoms with Crippen molar-refractivity contribution in [1.82, 2.24) is 4.98 Å². The molecule has 82 valence electrons. The van der Waals surface area contributed by atoms with Crippen LogP contribution in [0.1, 0.15) is 21.8 Å². The molecule has 16 heavy (non-hydrogen) atoms. The largest absolute Gasteiger partial charge is 0.476 e. The average Bonchev–Trinajstić information content (AvgIpc) is 2.61. The molecule has 4 heteroatoms. The highest BCUT2D eigenvalue weighted by molar-refractivity contribution is 5.87. The van der Waals surface area contributed by atoms with Crippen LogP contribution in [0.15, 0.2) is 28.7 Å². The van der Waals surface area contributed by atoms with Gasteiger partial charge in [-0.15, -0.1) is 0 Å². The molecule has 0 saturated heterocycles. The molecular formula is C12H11NO3. The zero-order valence-corrected chi connectivity index (χ0v) is 9.02. The summed E-state index contributed by atoms with van der Waals surface area (Å²) in [5.41, 5.74) is 1.79. The number of aryl methyl sites for hydroxylation is 2. The molecule has 0 atom stereocenters. The van der Waals surface area contributed by atoms with Gasteiger partial charge in [0.15, 0.2) is 5.69 Å². The van der Waals surface area contributed by atoms with Crippen molar-refractivity contribution in [2.75, 3.05) is 0 Å². The van der Waals surface area contributed by atoms with Crippen LogP contribution in [0.3, 0.4) is 0 Å². The third kappa shape index (κ3) is 1.69. The van der Waals surface area contributed by atoms with Gasteiger partial charge in [-0.2, -0.15) is 0 Å². The summed E-state index contributed by atoms with van der Waals surface area (Å²) in [5, 5.41) is 8.87. The van der Waals surface area contributed by atoms with Crippen molar-refractivity contribution in [3.8, 4) is 11.5 Å². The van der Waals surface area contributed by atoms with Crippen LogP contribution in [0.2, 0.25) is 0 Å². The molecule has 2 aromatic rings. The topological polar surface area (TPSA) is 63.3 Å². The Morgan fingerprint density at radius 2 is 2.00 bits per heavy atom. The SMILES string of the molecule is Cc1ccccc1-c1nc(C(=O)O)c(C)o1. The van der Waals surface area contributed by atoms with Crippen LogP contribution in [0.5, 0.6) is 0 Å². The van der Waals surface area contributed by atoms with Gasteiger partial charge in [0.05, 0.1) is 0 Å². The van der Waals surface area contributed by atoms with E-state index in [0.29, 0.717) is 11.7 Å². The highest BCUT2D eigenvalue weighted by Gasteiger charge is 2.17. The van der Waals surface area contributed by atoms with E-state index in [1.54, 1.807) is 6.92 Å². The van der Waals surface area contributed by atoms with Gasteiger partial charge in [-0.05, 0) is 25.5 Å². The van der Waals surface area contributed by atoms with Crippen molar-refractivity contribution in [2.24, 2.45) is 0 Å². The predicted octanol–water partition coefficient (Wildman–Crippen LogP) is 2.66. The Morgan fingerprint density at radius 3 is 2.56 bits per heavy atom. The van der Waals surface area contributed by atoms with E-state index in [1.807, 2.05) is 31.2 Å². The molecule has 0 spiro atoms. The first-order valence-corrected chi connectivity index (χ1v) is 4.86. The smallest absolute Gasteiger partial charge is 0.358 e. The van der Waals surface area contributed by atoms with E-state index < -0.39 is 5.97 Å². The Balaban J connectivity index is 2.54. The van der Waals surface area contributed by atoms with Crippen molar-refractivity contribution < 1.29 is 14.3 Å². The molecule has 0 aliphatic heterocycles. The first kappa shape index (κ1) is 10.4. The van der Waals surface area contributed by atoms with Crippen LogP contribution in [-0.4, -0.2) is 16.1 Å². The van der Waals surface area contributed by atoms with Crippen LogP contribution in [0.25, 0.3) is 11.5 Å². The van der Waals surface area contributed by atoms with Gasteiger partial charge in [-0.3, -0.25) is 0 Å². The lowest BCUT2D eigenvalue weighted by atomic mass is 10.1. The van der Waals surface area contributed by atoms with Gasteiger partial charge in [0, 0.05) is 5.56 Å². The average molecular weight is 217 g/mol. The zero-order chi connectivity index (χ0) is 11.7. The normalized spacial score (nSPS) is 10.4. The molecule has 0 saturated carbocycles. The van der Waals surface area contributed by atoms with Crippen molar-refractivity contribution in [3.05, 3.63) is 41.3 Å². The predicted molar refractivity (Wildman–Crippen MR) is 58.4 cm³/mol. The Kier molecular flexibility index (Phi) is 2.48. The number of oxazole rings is 1. The fourth-order valence-electron chi connectivity index (χ4n) is 1.52. The highest BCUT2D eigenvalue weighted by atomic mass is 16.4. The Morgan fingerprint density at radius 1 is 1.31 bits per heavy atom. The van der Waals surface area contributed by atoms with Crippen LogP contribution in [0.4, 0.5) is 0 Å². The second-order valence-electron chi connectivity index (χ2n) is 3.54. The van der Waals surface area contributed by atoms with Crippen molar-refractivity contribution >= 4 is 5.97 Å². The van der Waals surface area contributed by atoms with E-state index in [1.165, 1.54) is 0 Å². The fraction of sp³-hybridized carbons (Fsp3) is 0.167. The molecule has 2 rings (SSSR count). The number of rotatable bonds is 2. The number of carboxylic acid groups (broad SMARTS) is 1. The van der Waals surface area contributed by atoms with Crippen molar-refractivity contribution in [3.63, 3.8) is 0 Å². The van der Waals surface area contributed by atoms with E-state index in [2.05, 4.69) is 4.98 Å². The van der Waals surface area contributed by atoms with Gasteiger partial charge < -0.3 is 9.52 Å². The van der Waals surface area contributed by atoms with E-state index >= 15 is 0 Å². The van der Waals surface area contributed by atoms with Crippen molar-refractivity contribution in [2.45, 2.75) is 13.8 Å². The summed E-state index contributed by atoms with van der Waals surface area (Å²) in [7, 11) is 0. The Bertz CT molecular complexity index is 543. The van der Waals surface area contributed by atoms with Gasteiger partial charge in [0.1, 0.15) is 5.76 Å². The number of nitrogens with zero attached hydrogens (tertiary/aromatic N) is 1. The summed E-state index contributed by atoms with van der Waals surface area (Å²) < 4.78 is 5.35. The number of benzene rings is 1. The third-order valence-corrected chi connectivity index (χ3v) is 2.37. The molecule has 4 nitrogen and oxygen atoms in total. The van der Waals surface area contributed by atoms with Gasteiger partial charge in [-0.1, -0.05) is 18.2 Å². The first-order valence-electron chi connectivity index (χ1n) is 4.86. The monoisotopic (exact) mass is 217 g/mol. The summed E-state index contributed by atoms with van der Waals surface area (Å²) in [4.78, 5) is 14.8. The summed E-state index contributed by atoms with van der Waals surface area (Å²) in [5.74, 6) is -0.389. The molecule has 0 aliphatic rings. The first-order chi connectivity index (χ1) is 7.59. The van der Waals surface area contributed by atoms with Gasteiger partial charge in [-0.25, -0.2) is 9.78 Å². The minimum Gasteiger partial charge on any atom is -0.476 e. The lowest BCUT2D eigenvalue weighted by Crippen LogP contribution is -1.98. The highest BCUT2D eigenvalue weighted by Crippen LogP contribution is 2.24.